The van der Waals surface area contributed by atoms with E-state index < -0.39 is 5.60 Å². The Morgan fingerprint density at radius 1 is 1.44 bits per heavy atom. The highest BCUT2D eigenvalue weighted by atomic mass is 16.3. The minimum Gasteiger partial charge on any atom is -0.508 e. The van der Waals surface area contributed by atoms with Crippen LogP contribution in [0.5, 0.6) is 5.75 Å². The predicted octanol–water partition coefficient (Wildman–Crippen LogP) is 1.44. The van der Waals surface area contributed by atoms with Crippen LogP contribution in [-0.4, -0.2) is 28.4 Å². The third-order valence-electron chi connectivity index (χ3n) is 3.35. The van der Waals surface area contributed by atoms with E-state index in [0.29, 0.717) is 6.42 Å². The molecule has 0 saturated carbocycles. The fourth-order valence-electron chi connectivity index (χ4n) is 2.38. The number of rotatable bonds is 3. The smallest absolute Gasteiger partial charge is 0.118 e. The Hall–Kier alpha value is -1.06. The maximum atomic E-state index is 10.4. The molecule has 1 saturated heterocycles. The summed E-state index contributed by atoms with van der Waals surface area (Å²) < 4.78 is 0. The number of para-hydroxylation sites is 1. The van der Waals surface area contributed by atoms with Gasteiger partial charge in [0.15, 0.2) is 0 Å². The minimum absolute atomic E-state index is 0.132. The Bertz CT molecular complexity index is 357. The summed E-state index contributed by atoms with van der Waals surface area (Å²) in [6.45, 7) is 2.81. The first-order valence-electron chi connectivity index (χ1n) is 5.82. The standard InChI is InChI=1S/C13H19NO2/c1-13(16,12-7-4-8-14-12)9-10-5-2-3-6-11(10)15/h2-3,5-6,12,14-16H,4,7-9H2,1H3. The molecule has 2 atom stereocenters. The van der Waals surface area contributed by atoms with E-state index in [1.165, 1.54) is 0 Å². The van der Waals surface area contributed by atoms with E-state index in [0.717, 1.165) is 24.9 Å². The highest BCUT2D eigenvalue weighted by molar-refractivity contribution is 5.33. The lowest BCUT2D eigenvalue weighted by atomic mass is 9.88. The lowest BCUT2D eigenvalue weighted by Gasteiger charge is -2.30. The zero-order valence-electron chi connectivity index (χ0n) is 9.61. The molecular formula is C13H19NO2. The van der Waals surface area contributed by atoms with Crippen LogP contribution in [0.3, 0.4) is 0 Å². The van der Waals surface area contributed by atoms with Gasteiger partial charge >= 0.3 is 0 Å². The van der Waals surface area contributed by atoms with E-state index >= 15 is 0 Å². The normalized spacial score (nSPS) is 24.2. The van der Waals surface area contributed by atoms with Gasteiger partial charge in [-0.1, -0.05) is 18.2 Å². The Morgan fingerprint density at radius 2 is 2.19 bits per heavy atom. The summed E-state index contributed by atoms with van der Waals surface area (Å²) in [5, 5.41) is 23.4. The van der Waals surface area contributed by atoms with Crippen LogP contribution in [0.25, 0.3) is 0 Å². The van der Waals surface area contributed by atoms with E-state index in [2.05, 4.69) is 5.32 Å². The molecule has 1 aromatic rings. The molecule has 2 unspecified atom stereocenters. The summed E-state index contributed by atoms with van der Waals surface area (Å²) in [6.07, 6.45) is 2.60. The van der Waals surface area contributed by atoms with E-state index in [-0.39, 0.29) is 11.8 Å². The van der Waals surface area contributed by atoms with Crippen LogP contribution in [-0.2, 0) is 6.42 Å². The number of aliphatic hydroxyl groups is 1. The van der Waals surface area contributed by atoms with E-state index in [1.54, 1.807) is 12.1 Å². The molecule has 0 aromatic heterocycles. The lowest BCUT2D eigenvalue weighted by Crippen LogP contribution is -2.46. The number of nitrogens with one attached hydrogen (secondary N) is 1. The molecule has 2 rings (SSSR count). The summed E-state index contributed by atoms with van der Waals surface area (Å²) >= 11 is 0. The van der Waals surface area contributed by atoms with Crippen LogP contribution < -0.4 is 5.32 Å². The molecule has 3 N–H and O–H groups in total. The molecule has 1 aromatic carbocycles. The van der Waals surface area contributed by atoms with Gasteiger partial charge < -0.3 is 15.5 Å². The van der Waals surface area contributed by atoms with Crippen molar-refractivity contribution in [2.75, 3.05) is 6.54 Å². The van der Waals surface area contributed by atoms with E-state index in [1.807, 2.05) is 19.1 Å². The van der Waals surface area contributed by atoms with Gasteiger partial charge in [0.05, 0.1) is 5.60 Å². The molecule has 3 nitrogen and oxygen atoms in total. The van der Waals surface area contributed by atoms with Crippen LogP contribution in [0.4, 0.5) is 0 Å². The maximum Gasteiger partial charge on any atom is 0.118 e. The topological polar surface area (TPSA) is 52.5 Å². The van der Waals surface area contributed by atoms with Crippen LogP contribution >= 0.6 is 0 Å². The molecular weight excluding hydrogens is 202 g/mol. The average Bonchev–Trinajstić information content (AvgIpc) is 2.75. The summed E-state index contributed by atoms with van der Waals surface area (Å²) in [5.41, 5.74) is 0.0104. The van der Waals surface area contributed by atoms with Gasteiger partial charge in [0.2, 0.25) is 0 Å². The van der Waals surface area contributed by atoms with E-state index in [9.17, 15) is 10.2 Å². The zero-order chi connectivity index (χ0) is 11.6. The Morgan fingerprint density at radius 3 is 2.81 bits per heavy atom. The van der Waals surface area contributed by atoms with Crippen LogP contribution in [0, 0.1) is 0 Å². The van der Waals surface area contributed by atoms with Crippen molar-refractivity contribution in [2.24, 2.45) is 0 Å². The number of phenols is 1. The zero-order valence-corrected chi connectivity index (χ0v) is 9.61. The van der Waals surface area contributed by atoms with Crippen LogP contribution in [0.2, 0.25) is 0 Å². The van der Waals surface area contributed by atoms with Crippen LogP contribution in [0.1, 0.15) is 25.3 Å². The molecule has 0 amide bonds. The van der Waals surface area contributed by atoms with Gasteiger partial charge in [0.25, 0.3) is 0 Å². The number of hydrogen-bond acceptors (Lipinski definition) is 3. The fourth-order valence-corrected chi connectivity index (χ4v) is 2.38. The molecule has 0 aliphatic carbocycles. The molecule has 1 aliphatic heterocycles. The molecule has 16 heavy (non-hydrogen) atoms. The van der Waals surface area contributed by atoms with E-state index in [4.69, 9.17) is 0 Å². The summed E-state index contributed by atoms with van der Waals surface area (Å²) in [7, 11) is 0. The SMILES string of the molecule is CC(O)(Cc1ccccc1O)C1CCCN1. The van der Waals surface area contributed by atoms with Gasteiger partial charge in [0, 0.05) is 12.5 Å². The van der Waals surface area contributed by atoms with Gasteiger partial charge in [-0.15, -0.1) is 0 Å². The fraction of sp³-hybridized carbons (Fsp3) is 0.538. The molecule has 0 spiro atoms. The predicted molar refractivity (Wildman–Crippen MR) is 63.5 cm³/mol. The van der Waals surface area contributed by atoms with Gasteiger partial charge in [-0.25, -0.2) is 0 Å². The molecule has 3 heteroatoms. The van der Waals surface area contributed by atoms with Gasteiger partial charge in [-0.3, -0.25) is 0 Å². The summed E-state index contributed by atoms with van der Waals surface area (Å²) in [5.74, 6) is 0.265. The van der Waals surface area contributed by atoms with Crippen molar-refractivity contribution in [3.05, 3.63) is 29.8 Å². The van der Waals surface area contributed by atoms with Crippen molar-refractivity contribution in [2.45, 2.75) is 37.8 Å². The third kappa shape index (κ3) is 2.36. The summed E-state index contributed by atoms with van der Waals surface area (Å²) in [6, 6.07) is 7.33. The van der Waals surface area contributed by atoms with Crippen molar-refractivity contribution in [3.8, 4) is 5.75 Å². The van der Waals surface area contributed by atoms with Crippen molar-refractivity contribution < 1.29 is 10.2 Å². The first kappa shape index (κ1) is 11.4. The Labute approximate surface area is 96.1 Å². The number of phenolic OH excluding ortho intramolecular Hbond substituents is 1. The Kier molecular flexibility index (Phi) is 3.17. The lowest BCUT2D eigenvalue weighted by molar-refractivity contribution is 0.0257. The molecule has 1 heterocycles. The largest absolute Gasteiger partial charge is 0.508 e. The molecule has 0 bridgehead atoms. The summed E-state index contributed by atoms with van der Waals surface area (Å²) in [4.78, 5) is 0. The van der Waals surface area contributed by atoms with Crippen molar-refractivity contribution in [1.82, 2.24) is 5.32 Å². The quantitative estimate of drug-likeness (QED) is 0.724. The maximum absolute atomic E-state index is 10.4. The van der Waals surface area contributed by atoms with Crippen molar-refractivity contribution in [1.29, 1.82) is 0 Å². The number of hydrogen-bond donors (Lipinski definition) is 3. The second kappa shape index (κ2) is 4.44. The van der Waals surface area contributed by atoms with Gasteiger partial charge in [-0.2, -0.15) is 0 Å². The van der Waals surface area contributed by atoms with Crippen molar-refractivity contribution in [3.63, 3.8) is 0 Å². The Balaban J connectivity index is 2.10. The molecule has 1 aliphatic rings. The molecule has 1 fully saturated rings. The first-order valence-corrected chi connectivity index (χ1v) is 5.82. The second-order valence-corrected chi connectivity index (χ2v) is 4.81. The minimum atomic E-state index is -0.796. The third-order valence-corrected chi connectivity index (χ3v) is 3.35. The molecule has 88 valence electrons. The monoisotopic (exact) mass is 221 g/mol. The first-order chi connectivity index (χ1) is 7.59. The number of benzene rings is 1. The van der Waals surface area contributed by atoms with Gasteiger partial charge in [-0.05, 0) is 37.9 Å². The molecule has 0 radical (unpaired) electrons. The van der Waals surface area contributed by atoms with Crippen LogP contribution in [0.15, 0.2) is 24.3 Å². The van der Waals surface area contributed by atoms with Gasteiger partial charge in [0.1, 0.15) is 5.75 Å². The van der Waals surface area contributed by atoms with Crippen molar-refractivity contribution >= 4 is 0 Å². The number of aromatic hydroxyl groups is 1. The highest BCUT2D eigenvalue weighted by Crippen LogP contribution is 2.27. The highest BCUT2D eigenvalue weighted by Gasteiger charge is 2.34. The average molecular weight is 221 g/mol. The second-order valence-electron chi connectivity index (χ2n) is 4.81.